The van der Waals surface area contributed by atoms with Crippen LogP contribution in [0, 0.1) is 20.8 Å². The largest absolute Gasteiger partial charge is 0.378 e. The second-order valence-corrected chi connectivity index (χ2v) is 8.53. The van der Waals surface area contributed by atoms with Gasteiger partial charge in [-0.05, 0) is 44.5 Å². The van der Waals surface area contributed by atoms with Gasteiger partial charge >= 0.3 is 0 Å². The molecule has 150 valence electrons. The Morgan fingerprint density at radius 3 is 2.38 bits per heavy atom. The first-order chi connectivity index (χ1) is 13.8. The lowest BCUT2D eigenvalue weighted by Crippen LogP contribution is -2.17. The van der Waals surface area contributed by atoms with Gasteiger partial charge in [0.05, 0.1) is 16.7 Å². The van der Waals surface area contributed by atoms with Crippen LogP contribution in [0.2, 0.25) is 0 Å². The van der Waals surface area contributed by atoms with Crippen LogP contribution in [-0.4, -0.2) is 45.5 Å². The number of amides is 1. The zero-order chi connectivity index (χ0) is 20.7. The van der Waals surface area contributed by atoms with Crippen LogP contribution in [0.1, 0.15) is 33.5 Å². The molecule has 1 aliphatic rings. The predicted molar refractivity (Wildman–Crippen MR) is 117 cm³/mol. The summed E-state index contributed by atoms with van der Waals surface area (Å²) in [5.74, 6) is 1.46. The Morgan fingerprint density at radius 1 is 1.10 bits per heavy atom. The molecular weight excluding hydrogens is 384 g/mol. The maximum absolute atomic E-state index is 12.5. The van der Waals surface area contributed by atoms with Crippen molar-refractivity contribution in [3.63, 3.8) is 0 Å². The van der Waals surface area contributed by atoms with E-state index in [0.717, 1.165) is 33.9 Å². The smallest absolute Gasteiger partial charge is 0.252 e. The topological polar surface area (TPSA) is 75.9 Å². The molecular formula is C21H24N6OS. The number of aromatic nitrogens is 4. The highest BCUT2D eigenvalue weighted by Crippen LogP contribution is 2.43. The molecule has 0 aliphatic carbocycles. The number of fused-ring (bicyclic) bond motifs is 1. The Morgan fingerprint density at radius 2 is 1.76 bits per heavy atom. The molecule has 0 fully saturated rings. The second kappa shape index (κ2) is 7.51. The Hall–Kier alpha value is -2.87. The normalized spacial score (nSPS) is 16.2. The lowest BCUT2D eigenvalue weighted by atomic mass is 10.0. The number of anilines is 2. The SMILES string of the molecule is Cc1cc(C)nc(-n2nc(C)c3c2NC(=O)CS[C@@H]3c2ccc(N(C)C)cc2)n1. The second-order valence-electron chi connectivity index (χ2n) is 7.44. The van der Waals surface area contributed by atoms with Crippen LogP contribution in [0.5, 0.6) is 0 Å². The zero-order valence-electron chi connectivity index (χ0n) is 17.2. The van der Waals surface area contributed by atoms with E-state index in [2.05, 4.69) is 44.5 Å². The molecule has 1 aromatic carbocycles. The molecule has 3 heterocycles. The molecule has 1 aliphatic heterocycles. The van der Waals surface area contributed by atoms with Gasteiger partial charge in [-0.25, -0.2) is 9.97 Å². The van der Waals surface area contributed by atoms with E-state index in [4.69, 9.17) is 5.10 Å². The quantitative estimate of drug-likeness (QED) is 0.716. The Balaban J connectivity index is 1.85. The van der Waals surface area contributed by atoms with Crippen LogP contribution in [-0.2, 0) is 4.79 Å². The molecule has 0 unspecified atom stereocenters. The molecule has 0 radical (unpaired) electrons. The first-order valence-corrected chi connectivity index (χ1v) is 10.5. The summed E-state index contributed by atoms with van der Waals surface area (Å²) in [6.45, 7) is 5.82. The van der Waals surface area contributed by atoms with Gasteiger partial charge < -0.3 is 10.2 Å². The minimum atomic E-state index is -0.0470. The summed E-state index contributed by atoms with van der Waals surface area (Å²) in [7, 11) is 4.04. The summed E-state index contributed by atoms with van der Waals surface area (Å²) in [5.41, 5.74) is 5.86. The number of aryl methyl sites for hydroxylation is 3. The van der Waals surface area contributed by atoms with Gasteiger partial charge in [-0.2, -0.15) is 9.78 Å². The van der Waals surface area contributed by atoms with Gasteiger partial charge in [0.15, 0.2) is 0 Å². The molecule has 0 spiro atoms. The van der Waals surface area contributed by atoms with E-state index in [-0.39, 0.29) is 11.2 Å². The lowest BCUT2D eigenvalue weighted by Gasteiger charge is -2.18. The van der Waals surface area contributed by atoms with Crippen molar-refractivity contribution in [3.05, 3.63) is 58.5 Å². The molecule has 0 bridgehead atoms. The third-order valence-corrected chi connectivity index (χ3v) is 6.15. The number of benzene rings is 1. The van der Waals surface area contributed by atoms with Gasteiger partial charge in [-0.1, -0.05) is 12.1 Å². The van der Waals surface area contributed by atoms with Gasteiger partial charge in [-0.3, -0.25) is 4.79 Å². The number of nitrogens with one attached hydrogen (secondary N) is 1. The maximum atomic E-state index is 12.5. The van der Waals surface area contributed by atoms with Crippen LogP contribution in [0.3, 0.4) is 0 Å². The molecule has 29 heavy (non-hydrogen) atoms. The summed E-state index contributed by atoms with van der Waals surface area (Å²) in [6.07, 6.45) is 0. The van der Waals surface area contributed by atoms with Gasteiger partial charge in [0.1, 0.15) is 5.82 Å². The average Bonchev–Trinajstić information content (AvgIpc) is 2.87. The van der Waals surface area contributed by atoms with Crippen LogP contribution < -0.4 is 10.2 Å². The van der Waals surface area contributed by atoms with Gasteiger partial charge in [0.2, 0.25) is 5.91 Å². The van der Waals surface area contributed by atoms with E-state index in [9.17, 15) is 4.79 Å². The van der Waals surface area contributed by atoms with Crippen LogP contribution >= 0.6 is 11.8 Å². The summed E-state index contributed by atoms with van der Waals surface area (Å²) in [6, 6.07) is 10.4. The molecule has 1 atom stereocenters. The maximum Gasteiger partial charge on any atom is 0.252 e. The van der Waals surface area contributed by atoms with Crippen molar-refractivity contribution in [1.82, 2.24) is 19.7 Å². The van der Waals surface area contributed by atoms with E-state index in [1.807, 2.05) is 40.9 Å². The van der Waals surface area contributed by atoms with Crippen LogP contribution in [0.25, 0.3) is 5.95 Å². The van der Waals surface area contributed by atoms with Crippen molar-refractivity contribution in [2.75, 3.05) is 30.1 Å². The fraction of sp³-hybridized carbons (Fsp3) is 0.333. The first-order valence-electron chi connectivity index (χ1n) is 9.44. The van der Waals surface area contributed by atoms with Crippen molar-refractivity contribution in [2.45, 2.75) is 26.0 Å². The highest BCUT2D eigenvalue weighted by atomic mass is 32.2. The first kappa shape index (κ1) is 19.4. The minimum absolute atomic E-state index is 0.000168. The average molecular weight is 409 g/mol. The Bertz CT molecular complexity index is 1050. The summed E-state index contributed by atoms with van der Waals surface area (Å²) < 4.78 is 1.66. The fourth-order valence-corrected chi connectivity index (χ4v) is 4.73. The monoisotopic (exact) mass is 408 g/mol. The number of hydrogen-bond acceptors (Lipinski definition) is 6. The van der Waals surface area contributed by atoms with E-state index >= 15 is 0 Å². The van der Waals surface area contributed by atoms with Crippen molar-refractivity contribution in [3.8, 4) is 5.95 Å². The van der Waals surface area contributed by atoms with Crippen LogP contribution in [0.15, 0.2) is 30.3 Å². The van der Waals surface area contributed by atoms with Crippen molar-refractivity contribution in [1.29, 1.82) is 0 Å². The molecule has 1 amide bonds. The third kappa shape index (κ3) is 3.72. The van der Waals surface area contributed by atoms with Gasteiger partial charge in [-0.15, -0.1) is 11.8 Å². The summed E-state index contributed by atoms with van der Waals surface area (Å²) in [4.78, 5) is 23.6. The molecule has 0 saturated carbocycles. The van der Waals surface area contributed by atoms with Crippen LogP contribution in [0.4, 0.5) is 11.5 Å². The highest BCUT2D eigenvalue weighted by Gasteiger charge is 2.31. The number of carbonyl (C=O) groups is 1. The number of carbonyl (C=O) groups excluding carboxylic acids is 1. The van der Waals surface area contributed by atoms with E-state index in [1.54, 1.807) is 16.4 Å². The van der Waals surface area contributed by atoms with Crippen molar-refractivity contribution in [2.24, 2.45) is 0 Å². The number of rotatable bonds is 3. The minimum Gasteiger partial charge on any atom is -0.378 e. The number of hydrogen-bond donors (Lipinski definition) is 1. The van der Waals surface area contributed by atoms with E-state index < -0.39 is 0 Å². The molecule has 0 saturated heterocycles. The lowest BCUT2D eigenvalue weighted by molar-refractivity contribution is -0.113. The predicted octanol–water partition coefficient (Wildman–Crippen LogP) is 3.43. The van der Waals surface area contributed by atoms with Crippen molar-refractivity contribution >= 4 is 29.2 Å². The summed E-state index contributed by atoms with van der Waals surface area (Å²) >= 11 is 1.61. The third-order valence-electron chi connectivity index (χ3n) is 4.88. The fourth-order valence-electron chi connectivity index (χ4n) is 3.54. The zero-order valence-corrected chi connectivity index (χ0v) is 18.0. The standard InChI is InChI=1S/C21H24N6OS/c1-12-10-13(2)23-21(22-12)27-20-18(14(3)25-27)19(29-11-17(28)24-20)15-6-8-16(9-7-15)26(4)5/h6-10,19H,11H2,1-5H3,(H,24,28)/t19-/m1/s1. The van der Waals surface area contributed by atoms with Gasteiger partial charge in [0, 0.05) is 36.7 Å². The Kier molecular flexibility index (Phi) is 5.04. The highest BCUT2D eigenvalue weighted by molar-refractivity contribution is 8.00. The number of thioether (sulfide) groups is 1. The molecule has 4 rings (SSSR count). The number of nitrogens with zero attached hydrogens (tertiary/aromatic N) is 5. The molecule has 1 N–H and O–H groups in total. The van der Waals surface area contributed by atoms with E-state index in [0.29, 0.717) is 17.5 Å². The van der Waals surface area contributed by atoms with E-state index in [1.165, 1.54) is 0 Å². The van der Waals surface area contributed by atoms with Gasteiger partial charge in [0.25, 0.3) is 5.95 Å². The summed E-state index contributed by atoms with van der Waals surface area (Å²) in [5, 5.41) is 7.73. The Labute approximate surface area is 174 Å². The van der Waals surface area contributed by atoms with Crippen molar-refractivity contribution < 1.29 is 4.79 Å². The molecule has 2 aromatic heterocycles. The molecule has 8 heteroatoms. The molecule has 3 aromatic rings. The molecule has 7 nitrogen and oxygen atoms in total.